The Morgan fingerprint density at radius 3 is 3.04 bits per heavy atom. The minimum Gasteiger partial charge on any atom is -0.379 e. The predicted molar refractivity (Wildman–Crippen MR) is 89.9 cm³/mol. The fourth-order valence-corrected chi connectivity index (χ4v) is 3.11. The number of hydrogen-bond donors (Lipinski definition) is 2. The molecule has 1 saturated heterocycles. The van der Waals surface area contributed by atoms with E-state index >= 15 is 0 Å². The van der Waals surface area contributed by atoms with Crippen LogP contribution >= 0.6 is 0 Å². The van der Waals surface area contributed by atoms with Crippen molar-refractivity contribution in [2.45, 2.75) is 39.3 Å². The van der Waals surface area contributed by atoms with Gasteiger partial charge in [-0.2, -0.15) is 0 Å². The Morgan fingerprint density at radius 1 is 1.43 bits per heavy atom. The molecule has 1 aromatic heterocycles. The summed E-state index contributed by atoms with van der Waals surface area (Å²) in [5.74, 6) is -0.0539. The summed E-state index contributed by atoms with van der Waals surface area (Å²) in [7, 11) is 0. The first-order valence-electron chi connectivity index (χ1n) is 8.19. The molecule has 1 aliphatic rings. The number of nitrogens with one attached hydrogen (secondary N) is 2. The maximum atomic E-state index is 12.6. The van der Waals surface area contributed by atoms with Crippen LogP contribution in [0.1, 0.15) is 35.0 Å². The summed E-state index contributed by atoms with van der Waals surface area (Å²) < 4.78 is 11.1. The standard InChI is InChI=1S/C18H24N2O3/c1-4-23-17-10-22-8-7-16(17)20-18(21)13-5-6-15-14(9-13)11(2)12(3)19-15/h5-6,9,16-17,19H,4,7-8,10H2,1-3H3,(H,20,21)/t16-,17-/m1/s1. The fourth-order valence-electron chi connectivity index (χ4n) is 3.11. The summed E-state index contributed by atoms with van der Waals surface area (Å²) in [5, 5.41) is 4.21. The zero-order valence-corrected chi connectivity index (χ0v) is 13.9. The van der Waals surface area contributed by atoms with Crippen molar-refractivity contribution in [1.82, 2.24) is 10.3 Å². The van der Waals surface area contributed by atoms with E-state index in [1.807, 2.05) is 32.0 Å². The topological polar surface area (TPSA) is 63.4 Å². The highest BCUT2D eigenvalue weighted by Crippen LogP contribution is 2.22. The predicted octanol–water partition coefficient (Wildman–Crippen LogP) is 2.71. The van der Waals surface area contributed by atoms with Gasteiger partial charge in [-0.05, 0) is 51.0 Å². The van der Waals surface area contributed by atoms with Gasteiger partial charge < -0.3 is 19.8 Å². The molecule has 0 bridgehead atoms. The second-order valence-electron chi connectivity index (χ2n) is 6.07. The van der Waals surface area contributed by atoms with Crippen molar-refractivity contribution in [3.63, 3.8) is 0 Å². The van der Waals surface area contributed by atoms with Crippen molar-refractivity contribution >= 4 is 16.8 Å². The third-order valence-corrected chi connectivity index (χ3v) is 4.57. The molecule has 1 aromatic carbocycles. The van der Waals surface area contributed by atoms with Crippen molar-refractivity contribution in [2.75, 3.05) is 19.8 Å². The van der Waals surface area contributed by atoms with Gasteiger partial charge in [0.15, 0.2) is 0 Å². The molecule has 5 nitrogen and oxygen atoms in total. The van der Waals surface area contributed by atoms with Crippen LogP contribution in [-0.4, -0.2) is 42.9 Å². The largest absolute Gasteiger partial charge is 0.379 e. The summed E-state index contributed by atoms with van der Waals surface area (Å²) in [5.41, 5.74) is 4.07. The van der Waals surface area contributed by atoms with E-state index in [1.54, 1.807) is 0 Å². The van der Waals surface area contributed by atoms with E-state index in [9.17, 15) is 4.79 Å². The van der Waals surface area contributed by atoms with E-state index in [1.165, 1.54) is 5.56 Å². The first-order valence-corrected chi connectivity index (χ1v) is 8.19. The number of rotatable bonds is 4. The van der Waals surface area contributed by atoms with E-state index < -0.39 is 0 Å². The molecule has 0 unspecified atom stereocenters. The Hall–Kier alpha value is -1.85. The monoisotopic (exact) mass is 316 g/mol. The number of carbonyl (C=O) groups is 1. The molecule has 1 fully saturated rings. The van der Waals surface area contributed by atoms with E-state index in [4.69, 9.17) is 9.47 Å². The Kier molecular flexibility index (Phi) is 4.68. The lowest BCUT2D eigenvalue weighted by Gasteiger charge is -2.31. The molecule has 3 rings (SSSR count). The Bertz CT molecular complexity index is 706. The molecule has 1 amide bonds. The van der Waals surface area contributed by atoms with Gasteiger partial charge in [0, 0.05) is 35.4 Å². The summed E-state index contributed by atoms with van der Waals surface area (Å²) >= 11 is 0. The molecule has 0 saturated carbocycles. The highest BCUT2D eigenvalue weighted by Gasteiger charge is 2.28. The van der Waals surface area contributed by atoms with Crippen LogP contribution in [0.15, 0.2) is 18.2 Å². The zero-order valence-electron chi connectivity index (χ0n) is 13.9. The van der Waals surface area contributed by atoms with Gasteiger partial charge in [0.1, 0.15) is 6.10 Å². The fraction of sp³-hybridized carbons (Fsp3) is 0.500. The first-order chi connectivity index (χ1) is 11.1. The number of hydrogen-bond acceptors (Lipinski definition) is 3. The van der Waals surface area contributed by atoms with Gasteiger partial charge in [-0.3, -0.25) is 4.79 Å². The maximum absolute atomic E-state index is 12.6. The van der Waals surface area contributed by atoms with Crippen molar-refractivity contribution < 1.29 is 14.3 Å². The summed E-state index contributed by atoms with van der Waals surface area (Å²) in [6, 6.07) is 5.79. The lowest BCUT2D eigenvalue weighted by molar-refractivity contribution is -0.0632. The van der Waals surface area contributed by atoms with Crippen molar-refractivity contribution in [3.05, 3.63) is 35.0 Å². The van der Waals surface area contributed by atoms with Gasteiger partial charge in [-0.25, -0.2) is 0 Å². The van der Waals surface area contributed by atoms with E-state index in [2.05, 4.69) is 17.2 Å². The van der Waals surface area contributed by atoms with Gasteiger partial charge >= 0.3 is 0 Å². The molecule has 2 heterocycles. The first kappa shape index (κ1) is 16.0. The van der Waals surface area contributed by atoms with Crippen LogP contribution in [0.25, 0.3) is 10.9 Å². The number of fused-ring (bicyclic) bond motifs is 1. The quantitative estimate of drug-likeness (QED) is 0.911. The van der Waals surface area contributed by atoms with Crippen LogP contribution in [-0.2, 0) is 9.47 Å². The van der Waals surface area contributed by atoms with Gasteiger partial charge in [0.05, 0.1) is 12.6 Å². The maximum Gasteiger partial charge on any atom is 0.251 e. The van der Waals surface area contributed by atoms with Crippen LogP contribution in [0.3, 0.4) is 0 Å². The third kappa shape index (κ3) is 3.26. The highest BCUT2D eigenvalue weighted by molar-refractivity contribution is 5.99. The van der Waals surface area contributed by atoms with Crippen LogP contribution in [0.5, 0.6) is 0 Å². The van der Waals surface area contributed by atoms with Crippen LogP contribution in [0.4, 0.5) is 0 Å². The van der Waals surface area contributed by atoms with Crippen molar-refractivity contribution in [3.8, 4) is 0 Å². The molecular weight excluding hydrogens is 292 g/mol. The molecule has 0 aliphatic carbocycles. The number of aromatic amines is 1. The van der Waals surface area contributed by atoms with Crippen LogP contribution < -0.4 is 5.32 Å². The number of carbonyl (C=O) groups excluding carboxylic acids is 1. The Balaban J connectivity index is 1.78. The van der Waals surface area contributed by atoms with E-state index in [0.29, 0.717) is 25.4 Å². The SMILES string of the molecule is CCO[C@@H]1COCC[C@H]1NC(=O)c1ccc2[nH]c(C)c(C)c2c1. The number of amides is 1. The van der Waals surface area contributed by atoms with Crippen molar-refractivity contribution in [2.24, 2.45) is 0 Å². The minimum atomic E-state index is -0.0716. The molecule has 0 spiro atoms. The van der Waals surface area contributed by atoms with Crippen molar-refractivity contribution in [1.29, 1.82) is 0 Å². The molecule has 1 aliphatic heterocycles. The number of aromatic nitrogens is 1. The average Bonchev–Trinajstić information content (AvgIpc) is 2.84. The van der Waals surface area contributed by atoms with Gasteiger partial charge in [-0.1, -0.05) is 0 Å². The molecule has 2 aromatic rings. The van der Waals surface area contributed by atoms with Crippen LogP contribution in [0, 0.1) is 13.8 Å². The second kappa shape index (κ2) is 6.72. The smallest absolute Gasteiger partial charge is 0.251 e. The Morgan fingerprint density at radius 2 is 2.26 bits per heavy atom. The molecule has 23 heavy (non-hydrogen) atoms. The number of ether oxygens (including phenoxy) is 2. The lowest BCUT2D eigenvalue weighted by atomic mass is 10.0. The normalized spacial score (nSPS) is 21.5. The van der Waals surface area contributed by atoms with Crippen LogP contribution in [0.2, 0.25) is 0 Å². The van der Waals surface area contributed by atoms with E-state index in [-0.39, 0.29) is 18.1 Å². The molecule has 5 heteroatoms. The summed E-state index contributed by atoms with van der Waals surface area (Å²) in [4.78, 5) is 15.9. The molecule has 124 valence electrons. The number of aryl methyl sites for hydroxylation is 2. The second-order valence-corrected chi connectivity index (χ2v) is 6.07. The lowest BCUT2D eigenvalue weighted by Crippen LogP contribution is -2.50. The average molecular weight is 316 g/mol. The molecular formula is C18H24N2O3. The van der Waals surface area contributed by atoms with Gasteiger partial charge in [0.25, 0.3) is 5.91 Å². The van der Waals surface area contributed by atoms with E-state index in [0.717, 1.165) is 23.0 Å². The number of H-pyrrole nitrogens is 1. The third-order valence-electron chi connectivity index (χ3n) is 4.57. The summed E-state index contributed by atoms with van der Waals surface area (Å²) in [6.07, 6.45) is 0.707. The number of benzene rings is 1. The van der Waals surface area contributed by atoms with Gasteiger partial charge in [-0.15, -0.1) is 0 Å². The zero-order chi connectivity index (χ0) is 16.4. The molecule has 2 N–H and O–H groups in total. The Labute approximate surface area is 136 Å². The highest BCUT2D eigenvalue weighted by atomic mass is 16.5. The van der Waals surface area contributed by atoms with Gasteiger partial charge in [0.2, 0.25) is 0 Å². The minimum absolute atomic E-state index is 0.000884. The summed E-state index contributed by atoms with van der Waals surface area (Å²) in [6.45, 7) is 7.88. The molecule has 2 atom stereocenters. The molecule has 0 radical (unpaired) electrons.